The van der Waals surface area contributed by atoms with Crippen molar-refractivity contribution in [3.05, 3.63) is 23.9 Å². The van der Waals surface area contributed by atoms with E-state index in [-0.39, 0.29) is 16.5 Å². The largest absolute Gasteiger partial charge is 0.339 e. The van der Waals surface area contributed by atoms with Gasteiger partial charge in [0.1, 0.15) is 5.03 Å². The van der Waals surface area contributed by atoms with Crippen molar-refractivity contribution in [2.75, 3.05) is 13.1 Å². The molecular weight excluding hydrogens is 270 g/mol. The Balaban J connectivity index is 2.17. The predicted octanol–water partition coefficient (Wildman–Crippen LogP) is 3.41. The summed E-state index contributed by atoms with van der Waals surface area (Å²) in [6, 6.07) is 3.19. The molecule has 0 aliphatic carbocycles. The van der Waals surface area contributed by atoms with Crippen molar-refractivity contribution in [2.24, 2.45) is 0 Å². The maximum atomic E-state index is 12.5. The Hall–Kier alpha value is -1.17. The average molecular weight is 286 g/mol. The van der Waals surface area contributed by atoms with Crippen LogP contribution in [0.4, 0.5) is 8.78 Å². The van der Waals surface area contributed by atoms with Crippen LogP contribution in [-0.2, 0) is 0 Å². The second-order valence-corrected chi connectivity index (χ2v) is 5.42. The summed E-state index contributed by atoms with van der Waals surface area (Å²) in [5.74, 6) is -2.75. The number of aromatic nitrogens is 1. The lowest BCUT2D eigenvalue weighted by Crippen LogP contribution is -2.32. The Kier molecular flexibility index (Phi) is 5.13. The van der Waals surface area contributed by atoms with Gasteiger partial charge in [-0.25, -0.2) is 4.98 Å². The number of carbonyl (C=O) groups excluding carboxylic acids is 1. The molecule has 6 heteroatoms. The minimum Gasteiger partial charge on any atom is -0.339 e. The number of pyridine rings is 1. The predicted molar refractivity (Wildman–Crippen MR) is 70.5 cm³/mol. The smallest absolute Gasteiger partial charge is 0.290 e. The molecular formula is C13H16F2N2OS. The number of nitrogens with zero attached hydrogens (tertiary/aromatic N) is 2. The molecule has 1 amide bonds. The number of carbonyl (C=O) groups is 1. The van der Waals surface area contributed by atoms with Gasteiger partial charge in [-0.15, -0.1) is 0 Å². The van der Waals surface area contributed by atoms with Gasteiger partial charge in [0.05, 0.1) is 5.56 Å². The fourth-order valence-corrected chi connectivity index (χ4v) is 2.75. The molecule has 0 bridgehead atoms. The quantitative estimate of drug-likeness (QED) is 0.798. The topological polar surface area (TPSA) is 33.2 Å². The molecule has 2 rings (SSSR count). The number of hydrogen-bond donors (Lipinski definition) is 0. The molecule has 0 radical (unpaired) electrons. The van der Waals surface area contributed by atoms with E-state index in [4.69, 9.17) is 0 Å². The molecule has 2 heterocycles. The molecule has 0 atom stereocenters. The number of rotatable bonds is 3. The van der Waals surface area contributed by atoms with Gasteiger partial charge in [-0.05, 0) is 36.7 Å². The van der Waals surface area contributed by atoms with E-state index in [1.807, 2.05) is 0 Å². The summed E-state index contributed by atoms with van der Waals surface area (Å²) in [7, 11) is 0. The van der Waals surface area contributed by atoms with Gasteiger partial charge >= 0.3 is 0 Å². The average Bonchev–Trinajstić information content (AvgIpc) is 2.67. The first-order valence-corrected chi connectivity index (χ1v) is 7.25. The van der Waals surface area contributed by atoms with Crippen molar-refractivity contribution in [3.8, 4) is 0 Å². The highest BCUT2D eigenvalue weighted by Crippen LogP contribution is 2.27. The van der Waals surface area contributed by atoms with Crippen molar-refractivity contribution >= 4 is 17.7 Å². The lowest BCUT2D eigenvalue weighted by atomic mass is 10.2. The van der Waals surface area contributed by atoms with E-state index in [0.717, 1.165) is 25.7 Å². The van der Waals surface area contributed by atoms with Gasteiger partial charge in [0.15, 0.2) is 0 Å². The molecule has 19 heavy (non-hydrogen) atoms. The summed E-state index contributed by atoms with van der Waals surface area (Å²) in [5.41, 5.74) is 0.287. The van der Waals surface area contributed by atoms with Crippen LogP contribution in [0.3, 0.4) is 0 Å². The normalized spacial score (nSPS) is 16.5. The Morgan fingerprint density at radius 3 is 2.58 bits per heavy atom. The minimum atomic E-state index is -2.56. The molecule has 1 aliphatic rings. The molecule has 104 valence electrons. The Morgan fingerprint density at radius 2 is 1.95 bits per heavy atom. The first-order valence-electron chi connectivity index (χ1n) is 6.37. The molecule has 0 aromatic carbocycles. The lowest BCUT2D eigenvalue weighted by molar-refractivity contribution is 0.0757. The van der Waals surface area contributed by atoms with E-state index in [0.29, 0.717) is 24.9 Å². The van der Waals surface area contributed by atoms with E-state index < -0.39 is 5.76 Å². The third-order valence-corrected chi connectivity index (χ3v) is 3.82. The van der Waals surface area contributed by atoms with Crippen molar-refractivity contribution in [1.29, 1.82) is 0 Å². The number of hydrogen-bond acceptors (Lipinski definition) is 3. The van der Waals surface area contributed by atoms with Gasteiger partial charge < -0.3 is 4.90 Å². The molecule has 0 spiro atoms. The highest BCUT2D eigenvalue weighted by molar-refractivity contribution is 7.99. The van der Waals surface area contributed by atoms with Crippen LogP contribution in [0.15, 0.2) is 23.4 Å². The minimum absolute atomic E-state index is 0.117. The van der Waals surface area contributed by atoms with Crippen LogP contribution in [0.1, 0.15) is 36.0 Å². The standard InChI is InChI=1S/C13H16F2N2OS/c14-13(15)19-11-10(6-5-7-16-11)12(18)17-8-3-1-2-4-9-17/h5-7,13H,1-4,8-9H2. The third kappa shape index (κ3) is 3.89. The molecule has 1 aromatic rings. The number of halogens is 2. The molecule has 3 nitrogen and oxygen atoms in total. The van der Waals surface area contributed by atoms with Crippen molar-refractivity contribution in [3.63, 3.8) is 0 Å². The Morgan fingerprint density at radius 1 is 1.26 bits per heavy atom. The van der Waals surface area contributed by atoms with E-state index in [2.05, 4.69) is 4.98 Å². The van der Waals surface area contributed by atoms with Gasteiger partial charge in [-0.1, -0.05) is 12.8 Å². The van der Waals surface area contributed by atoms with E-state index >= 15 is 0 Å². The molecule has 0 N–H and O–H groups in total. The summed E-state index contributed by atoms with van der Waals surface area (Å²) in [5, 5.41) is 0.117. The summed E-state index contributed by atoms with van der Waals surface area (Å²) < 4.78 is 24.9. The van der Waals surface area contributed by atoms with E-state index in [1.54, 1.807) is 17.0 Å². The summed E-state index contributed by atoms with van der Waals surface area (Å²) in [6.07, 6.45) is 5.63. The SMILES string of the molecule is O=C(c1cccnc1SC(F)F)N1CCCCCC1. The van der Waals surface area contributed by atoms with E-state index in [9.17, 15) is 13.6 Å². The van der Waals surface area contributed by atoms with Gasteiger partial charge in [0.25, 0.3) is 11.7 Å². The lowest BCUT2D eigenvalue weighted by Gasteiger charge is -2.21. The second-order valence-electron chi connectivity index (χ2n) is 4.44. The fraction of sp³-hybridized carbons (Fsp3) is 0.538. The molecule has 0 saturated carbocycles. The number of likely N-dealkylation sites (tertiary alicyclic amines) is 1. The molecule has 1 aromatic heterocycles. The summed E-state index contributed by atoms with van der Waals surface area (Å²) in [6.45, 7) is 1.40. The van der Waals surface area contributed by atoms with Crippen LogP contribution in [0.2, 0.25) is 0 Å². The Bertz CT molecular complexity index is 434. The first-order chi connectivity index (χ1) is 9.18. The van der Waals surface area contributed by atoms with Gasteiger partial charge in [0, 0.05) is 19.3 Å². The van der Waals surface area contributed by atoms with Crippen LogP contribution in [0, 0.1) is 0 Å². The highest BCUT2D eigenvalue weighted by atomic mass is 32.2. The van der Waals surface area contributed by atoms with Crippen molar-refractivity contribution < 1.29 is 13.6 Å². The third-order valence-electron chi connectivity index (χ3n) is 3.10. The van der Waals surface area contributed by atoms with E-state index in [1.165, 1.54) is 6.20 Å². The second kappa shape index (κ2) is 6.84. The molecule has 1 fully saturated rings. The monoisotopic (exact) mass is 286 g/mol. The zero-order valence-electron chi connectivity index (χ0n) is 10.5. The van der Waals surface area contributed by atoms with Crippen LogP contribution >= 0.6 is 11.8 Å². The zero-order valence-corrected chi connectivity index (χ0v) is 11.3. The summed E-state index contributed by atoms with van der Waals surface area (Å²) >= 11 is 0.331. The van der Waals surface area contributed by atoms with Gasteiger partial charge in [-0.2, -0.15) is 8.78 Å². The van der Waals surface area contributed by atoms with Gasteiger partial charge in [0.2, 0.25) is 0 Å². The maximum absolute atomic E-state index is 12.5. The van der Waals surface area contributed by atoms with Crippen LogP contribution in [0.5, 0.6) is 0 Å². The summed E-state index contributed by atoms with van der Waals surface area (Å²) in [4.78, 5) is 18.0. The van der Waals surface area contributed by atoms with Crippen LogP contribution in [0.25, 0.3) is 0 Å². The number of amides is 1. The van der Waals surface area contributed by atoms with Gasteiger partial charge in [-0.3, -0.25) is 4.79 Å². The molecule has 1 aliphatic heterocycles. The maximum Gasteiger partial charge on any atom is 0.290 e. The van der Waals surface area contributed by atoms with Crippen LogP contribution < -0.4 is 0 Å². The first kappa shape index (κ1) is 14.2. The zero-order chi connectivity index (χ0) is 13.7. The Labute approximate surface area is 115 Å². The highest BCUT2D eigenvalue weighted by Gasteiger charge is 2.22. The fourth-order valence-electron chi connectivity index (χ4n) is 2.18. The van der Waals surface area contributed by atoms with Crippen molar-refractivity contribution in [2.45, 2.75) is 36.5 Å². The molecule has 0 unspecified atom stereocenters. The van der Waals surface area contributed by atoms with Crippen molar-refractivity contribution in [1.82, 2.24) is 9.88 Å². The number of thioether (sulfide) groups is 1. The molecule has 1 saturated heterocycles. The number of alkyl halides is 2. The van der Waals surface area contributed by atoms with Crippen LogP contribution in [-0.4, -0.2) is 34.6 Å².